The first-order valence-corrected chi connectivity index (χ1v) is 13.8. The quantitative estimate of drug-likeness (QED) is 0.190. The van der Waals surface area contributed by atoms with Gasteiger partial charge in [0.1, 0.15) is 44.1 Å². The molecule has 0 unspecified atom stereocenters. The minimum Gasteiger partial charge on any atom is -1.00 e. The van der Waals surface area contributed by atoms with E-state index < -0.39 is 0 Å². The number of ether oxygens (including phenoxy) is 1. The number of fused-ring (bicyclic) bond motifs is 3. The molecule has 2 N–H and O–H groups in total. The number of benzene rings is 2. The summed E-state index contributed by atoms with van der Waals surface area (Å²) >= 11 is 0. The van der Waals surface area contributed by atoms with Crippen molar-refractivity contribution >= 4 is 16.7 Å². The number of quaternary nitrogens is 2. The van der Waals surface area contributed by atoms with Gasteiger partial charge in [0, 0.05) is 30.2 Å². The van der Waals surface area contributed by atoms with Crippen LogP contribution < -0.4 is 44.9 Å². The molecule has 1 aliphatic heterocycles. The molecule has 3 aromatic heterocycles. The average Bonchev–Trinajstić information content (AvgIpc) is 3.38. The lowest BCUT2D eigenvalue weighted by Crippen LogP contribution is -3.28. The Morgan fingerprint density at radius 3 is 2.15 bits per heavy atom. The molecule has 10 heteroatoms. The molecule has 0 spiro atoms. The fourth-order valence-electron chi connectivity index (χ4n) is 6.15. The number of rotatable bonds is 8. The Bertz CT molecular complexity index is 1590. The highest BCUT2D eigenvalue weighted by Gasteiger charge is 2.31. The lowest BCUT2D eigenvalue weighted by atomic mass is 9.96. The number of pyridine rings is 1. The van der Waals surface area contributed by atoms with Gasteiger partial charge in [0.05, 0.1) is 24.9 Å². The largest absolute Gasteiger partial charge is 1.00 e. The average molecular weight is 596 g/mol. The normalized spacial score (nSPS) is 16.9. The molecule has 0 saturated carbocycles. The van der Waals surface area contributed by atoms with Crippen molar-refractivity contribution in [3.63, 3.8) is 0 Å². The Balaban J connectivity index is 0.00000194. The molecule has 216 valence electrons. The zero-order chi connectivity index (χ0) is 26.8. The van der Waals surface area contributed by atoms with Crippen LogP contribution in [0.25, 0.3) is 16.7 Å². The topological polar surface area (TPSA) is 70.3 Å². The minimum absolute atomic E-state index is 0. The van der Waals surface area contributed by atoms with Gasteiger partial charge in [-0.15, -0.1) is 0 Å². The van der Waals surface area contributed by atoms with Crippen molar-refractivity contribution < 1.29 is 39.4 Å². The molecule has 41 heavy (non-hydrogen) atoms. The molecule has 5 aromatic rings. The fourth-order valence-corrected chi connectivity index (χ4v) is 6.15. The monoisotopic (exact) mass is 594 g/mol. The van der Waals surface area contributed by atoms with Crippen molar-refractivity contribution in [3.05, 3.63) is 106 Å². The number of piperazine rings is 1. The van der Waals surface area contributed by atoms with Gasteiger partial charge < -0.3 is 43.9 Å². The number of hydrogen-bond acceptors (Lipinski definition) is 4. The standard InChI is InChI=1S/C31H34N6O2.2ClH/c1-23-28-31(38)36(26-14-15-27(39-2)33-30(26)37(28)22-32-23)17-9-16-34-18-20-35(21-19-34)29(24-10-5-3-6-11-24)25-12-7-4-8-13-25;;/h3-8,10-15,22,29H,9,16-21H2,1-2H3;2*1H. The van der Waals surface area contributed by atoms with Crippen molar-refractivity contribution in [1.82, 2.24) is 18.9 Å². The highest BCUT2D eigenvalue weighted by Crippen LogP contribution is 2.20. The number of nitrogens with one attached hydrogen (secondary N) is 2. The van der Waals surface area contributed by atoms with Crippen LogP contribution >= 0.6 is 0 Å². The summed E-state index contributed by atoms with van der Waals surface area (Å²) in [6.07, 6.45) is 2.60. The van der Waals surface area contributed by atoms with E-state index in [1.807, 2.05) is 23.6 Å². The van der Waals surface area contributed by atoms with Crippen molar-refractivity contribution in [3.8, 4) is 5.88 Å². The Kier molecular flexibility index (Phi) is 10.0. The molecule has 1 saturated heterocycles. The van der Waals surface area contributed by atoms with Gasteiger partial charge in [0.2, 0.25) is 5.88 Å². The van der Waals surface area contributed by atoms with Gasteiger partial charge in [0.25, 0.3) is 5.56 Å². The Morgan fingerprint density at radius 2 is 1.54 bits per heavy atom. The lowest BCUT2D eigenvalue weighted by molar-refractivity contribution is -1.02. The third-order valence-corrected chi connectivity index (χ3v) is 8.14. The number of aromatic nitrogens is 4. The third-order valence-electron chi connectivity index (χ3n) is 8.14. The summed E-state index contributed by atoms with van der Waals surface area (Å²) in [7, 11) is 1.60. The molecule has 0 atom stereocenters. The molecule has 6 rings (SSSR count). The van der Waals surface area contributed by atoms with Crippen LogP contribution in [0.2, 0.25) is 0 Å². The zero-order valence-corrected chi connectivity index (χ0v) is 24.9. The smallest absolute Gasteiger partial charge is 0.277 e. The number of nitrogens with zero attached hydrogens (tertiary/aromatic N) is 4. The number of methoxy groups -OCH3 is 1. The van der Waals surface area contributed by atoms with E-state index in [1.165, 1.54) is 11.1 Å². The maximum absolute atomic E-state index is 13.5. The van der Waals surface area contributed by atoms with E-state index in [0.29, 0.717) is 29.6 Å². The van der Waals surface area contributed by atoms with Crippen LogP contribution in [0.4, 0.5) is 0 Å². The highest BCUT2D eigenvalue weighted by atomic mass is 35.5. The van der Waals surface area contributed by atoms with Crippen molar-refractivity contribution in [1.29, 1.82) is 0 Å². The van der Waals surface area contributed by atoms with Crippen molar-refractivity contribution in [2.24, 2.45) is 0 Å². The van der Waals surface area contributed by atoms with E-state index in [4.69, 9.17) is 4.74 Å². The van der Waals surface area contributed by atoms with Gasteiger partial charge in [-0.1, -0.05) is 60.7 Å². The first-order valence-electron chi connectivity index (χ1n) is 13.8. The van der Waals surface area contributed by atoms with Gasteiger partial charge in [-0.05, 0) is 13.0 Å². The number of aryl methyl sites for hydroxylation is 2. The summed E-state index contributed by atoms with van der Waals surface area (Å²) in [6, 6.07) is 25.9. The van der Waals surface area contributed by atoms with Gasteiger partial charge in [-0.3, -0.25) is 9.20 Å². The summed E-state index contributed by atoms with van der Waals surface area (Å²) in [4.78, 5) is 25.7. The zero-order valence-electron chi connectivity index (χ0n) is 23.4. The van der Waals surface area contributed by atoms with Gasteiger partial charge in [-0.25, -0.2) is 4.98 Å². The van der Waals surface area contributed by atoms with E-state index in [-0.39, 0.29) is 30.4 Å². The Hall–Kier alpha value is -3.43. The molecule has 0 radical (unpaired) electrons. The molecular formula is C31H36Cl2N6O2. The second kappa shape index (κ2) is 13.5. The molecule has 1 fully saturated rings. The summed E-state index contributed by atoms with van der Waals surface area (Å²) in [5.74, 6) is 0.523. The van der Waals surface area contributed by atoms with Crippen LogP contribution in [0.3, 0.4) is 0 Å². The summed E-state index contributed by atoms with van der Waals surface area (Å²) in [6.45, 7) is 8.06. The molecule has 4 heterocycles. The van der Waals surface area contributed by atoms with Crippen molar-refractivity contribution in [2.45, 2.75) is 25.9 Å². The minimum atomic E-state index is -0.0118. The van der Waals surface area contributed by atoms with E-state index in [2.05, 4.69) is 70.6 Å². The van der Waals surface area contributed by atoms with Crippen LogP contribution in [-0.4, -0.2) is 58.8 Å². The van der Waals surface area contributed by atoms with Crippen molar-refractivity contribution in [2.75, 3.05) is 39.8 Å². The SMILES string of the molecule is COc1ccc2c(n1)n1cnc(C)c1c(=O)n2CCC[NH+]1CC[NH+](C(c2ccccc2)c2ccccc2)CC1.[Cl-].[Cl-]. The Labute approximate surface area is 252 Å². The van der Waals surface area contributed by atoms with E-state index in [0.717, 1.165) is 50.4 Å². The van der Waals surface area contributed by atoms with Crippen LogP contribution in [0.5, 0.6) is 5.88 Å². The molecule has 0 bridgehead atoms. The number of hydrogen-bond donors (Lipinski definition) is 2. The summed E-state index contributed by atoms with van der Waals surface area (Å²) in [5, 5.41) is 0. The summed E-state index contributed by atoms with van der Waals surface area (Å²) in [5.41, 5.74) is 5.55. The number of halogens is 2. The molecule has 2 aromatic carbocycles. The van der Waals surface area contributed by atoms with Crippen LogP contribution in [0, 0.1) is 6.92 Å². The van der Waals surface area contributed by atoms with Crippen LogP contribution in [-0.2, 0) is 6.54 Å². The van der Waals surface area contributed by atoms with E-state index in [1.54, 1.807) is 27.6 Å². The Morgan fingerprint density at radius 1 is 0.902 bits per heavy atom. The highest BCUT2D eigenvalue weighted by molar-refractivity contribution is 5.76. The summed E-state index contributed by atoms with van der Waals surface area (Å²) < 4.78 is 9.01. The van der Waals surface area contributed by atoms with Crippen LogP contribution in [0.15, 0.2) is 83.9 Å². The lowest BCUT2D eigenvalue weighted by Gasteiger charge is -2.35. The molecule has 1 aliphatic rings. The molecular weight excluding hydrogens is 559 g/mol. The van der Waals surface area contributed by atoms with Gasteiger partial charge in [-0.2, -0.15) is 4.98 Å². The maximum Gasteiger partial charge on any atom is 0.277 e. The first kappa shape index (κ1) is 30.5. The second-order valence-electron chi connectivity index (χ2n) is 10.5. The van der Waals surface area contributed by atoms with Crippen LogP contribution in [0.1, 0.15) is 29.3 Å². The second-order valence-corrected chi connectivity index (χ2v) is 10.5. The molecule has 8 nitrogen and oxygen atoms in total. The number of imidazole rings is 1. The first-order chi connectivity index (χ1) is 19.1. The van der Waals surface area contributed by atoms with E-state index in [9.17, 15) is 4.79 Å². The maximum atomic E-state index is 13.5. The van der Waals surface area contributed by atoms with E-state index >= 15 is 0 Å². The molecule has 0 amide bonds. The predicted molar refractivity (Wildman–Crippen MR) is 152 cm³/mol. The molecule has 0 aliphatic carbocycles. The predicted octanol–water partition coefficient (Wildman–Crippen LogP) is -4.67. The third kappa shape index (κ3) is 6.11. The fraction of sp³-hybridized carbons (Fsp3) is 0.323. The van der Waals surface area contributed by atoms with Gasteiger partial charge in [0.15, 0.2) is 5.65 Å². The van der Waals surface area contributed by atoms with Gasteiger partial charge >= 0.3 is 0 Å².